The number of amides is 1. The molecule has 6 nitrogen and oxygen atoms in total. The highest BCUT2D eigenvalue weighted by Gasteiger charge is 2.33. The van der Waals surface area contributed by atoms with Gasteiger partial charge in [0, 0.05) is 38.0 Å². The molecule has 2 fully saturated rings. The number of carbonyl (C=O) groups is 1. The van der Waals surface area contributed by atoms with Gasteiger partial charge in [-0.15, -0.1) is 10.2 Å². The molecule has 2 N–H and O–H groups in total. The Kier molecular flexibility index (Phi) is 3.74. The van der Waals surface area contributed by atoms with Gasteiger partial charge in [0.15, 0.2) is 0 Å². The Labute approximate surface area is 119 Å². The second-order valence-electron chi connectivity index (χ2n) is 6.17. The second-order valence-corrected chi connectivity index (χ2v) is 6.17. The molecule has 0 spiro atoms. The molecule has 1 amide bonds. The van der Waals surface area contributed by atoms with Gasteiger partial charge in [-0.25, -0.2) is 0 Å². The van der Waals surface area contributed by atoms with Crippen molar-refractivity contribution < 1.29 is 4.79 Å². The SMILES string of the molecule is Cn1cnnc1C1CCN(C(=O)[C@@H]2CC[C@H](N)C2)CC1. The number of rotatable bonds is 2. The van der Waals surface area contributed by atoms with E-state index in [0.717, 1.165) is 51.0 Å². The third-order valence-electron chi connectivity index (χ3n) is 4.74. The molecule has 1 aliphatic carbocycles. The summed E-state index contributed by atoms with van der Waals surface area (Å²) in [5, 5.41) is 8.13. The number of hydrogen-bond donors (Lipinski definition) is 1. The van der Waals surface area contributed by atoms with Gasteiger partial charge in [0.2, 0.25) is 5.91 Å². The molecule has 0 radical (unpaired) electrons. The largest absolute Gasteiger partial charge is 0.342 e. The third kappa shape index (κ3) is 2.57. The lowest BCUT2D eigenvalue weighted by molar-refractivity contribution is -0.136. The summed E-state index contributed by atoms with van der Waals surface area (Å²) in [7, 11) is 1.98. The Morgan fingerprint density at radius 2 is 2.05 bits per heavy atom. The van der Waals surface area contributed by atoms with Crippen LogP contribution in [-0.2, 0) is 11.8 Å². The van der Waals surface area contributed by atoms with Crippen LogP contribution in [0.25, 0.3) is 0 Å². The number of carbonyl (C=O) groups excluding carboxylic acids is 1. The minimum Gasteiger partial charge on any atom is -0.342 e. The number of piperidine rings is 1. The molecule has 1 aromatic heterocycles. The van der Waals surface area contributed by atoms with E-state index in [4.69, 9.17) is 5.73 Å². The average molecular weight is 277 g/mol. The van der Waals surface area contributed by atoms with Crippen molar-refractivity contribution in [3.05, 3.63) is 12.2 Å². The van der Waals surface area contributed by atoms with Gasteiger partial charge in [-0.3, -0.25) is 4.79 Å². The number of aryl methyl sites for hydroxylation is 1. The quantitative estimate of drug-likeness (QED) is 0.861. The predicted octanol–water partition coefficient (Wildman–Crippen LogP) is 0.648. The van der Waals surface area contributed by atoms with Crippen LogP contribution in [0.1, 0.15) is 43.8 Å². The number of hydrogen-bond acceptors (Lipinski definition) is 4. The smallest absolute Gasteiger partial charge is 0.225 e. The molecular formula is C14H23N5O. The molecule has 2 heterocycles. The van der Waals surface area contributed by atoms with Crippen molar-refractivity contribution >= 4 is 5.91 Å². The van der Waals surface area contributed by atoms with Crippen LogP contribution in [0.5, 0.6) is 0 Å². The lowest BCUT2D eigenvalue weighted by Gasteiger charge is -2.33. The fourth-order valence-corrected chi connectivity index (χ4v) is 3.52. The van der Waals surface area contributed by atoms with E-state index < -0.39 is 0 Å². The topological polar surface area (TPSA) is 77.0 Å². The first-order valence-electron chi connectivity index (χ1n) is 7.53. The summed E-state index contributed by atoms with van der Waals surface area (Å²) < 4.78 is 1.98. The molecule has 2 atom stereocenters. The lowest BCUT2D eigenvalue weighted by atomic mass is 9.94. The Hall–Kier alpha value is -1.43. The zero-order valence-corrected chi connectivity index (χ0v) is 12.0. The molecule has 110 valence electrons. The molecule has 6 heteroatoms. The number of aromatic nitrogens is 3. The molecule has 1 saturated carbocycles. The van der Waals surface area contributed by atoms with Crippen LogP contribution in [-0.4, -0.2) is 44.7 Å². The van der Waals surface area contributed by atoms with Gasteiger partial charge in [0.1, 0.15) is 12.2 Å². The first-order chi connectivity index (χ1) is 9.65. The van der Waals surface area contributed by atoms with Crippen LogP contribution in [0, 0.1) is 5.92 Å². The molecule has 1 aliphatic heterocycles. The fourth-order valence-electron chi connectivity index (χ4n) is 3.52. The van der Waals surface area contributed by atoms with E-state index in [2.05, 4.69) is 10.2 Å². The van der Waals surface area contributed by atoms with Crippen molar-refractivity contribution in [1.82, 2.24) is 19.7 Å². The summed E-state index contributed by atoms with van der Waals surface area (Å²) in [5.74, 6) is 1.95. The number of nitrogens with zero attached hydrogens (tertiary/aromatic N) is 4. The maximum absolute atomic E-state index is 12.4. The highest BCUT2D eigenvalue weighted by atomic mass is 16.2. The summed E-state index contributed by atoms with van der Waals surface area (Å²) in [5.41, 5.74) is 5.91. The molecular weight excluding hydrogens is 254 g/mol. The van der Waals surface area contributed by atoms with E-state index in [9.17, 15) is 4.79 Å². The Morgan fingerprint density at radius 3 is 2.60 bits per heavy atom. The highest BCUT2D eigenvalue weighted by molar-refractivity contribution is 5.79. The first kappa shape index (κ1) is 13.5. The van der Waals surface area contributed by atoms with E-state index in [0.29, 0.717) is 11.8 Å². The van der Waals surface area contributed by atoms with Crippen LogP contribution in [0.3, 0.4) is 0 Å². The molecule has 0 aromatic carbocycles. The zero-order valence-electron chi connectivity index (χ0n) is 12.0. The van der Waals surface area contributed by atoms with Crippen molar-refractivity contribution in [3.63, 3.8) is 0 Å². The maximum atomic E-state index is 12.4. The maximum Gasteiger partial charge on any atom is 0.225 e. The van der Waals surface area contributed by atoms with E-state index in [1.165, 1.54) is 0 Å². The van der Waals surface area contributed by atoms with E-state index in [1.54, 1.807) is 6.33 Å². The van der Waals surface area contributed by atoms with Crippen LogP contribution in [0.4, 0.5) is 0 Å². The Balaban J connectivity index is 1.56. The van der Waals surface area contributed by atoms with Crippen LogP contribution >= 0.6 is 0 Å². The van der Waals surface area contributed by atoms with Crippen molar-refractivity contribution in [2.75, 3.05) is 13.1 Å². The molecule has 0 bridgehead atoms. The summed E-state index contributed by atoms with van der Waals surface area (Å²) in [6, 6.07) is 0.222. The van der Waals surface area contributed by atoms with E-state index >= 15 is 0 Å². The Morgan fingerprint density at radius 1 is 1.30 bits per heavy atom. The molecule has 20 heavy (non-hydrogen) atoms. The predicted molar refractivity (Wildman–Crippen MR) is 74.9 cm³/mol. The third-order valence-corrected chi connectivity index (χ3v) is 4.74. The van der Waals surface area contributed by atoms with Crippen molar-refractivity contribution in [2.45, 2.75) is 44.1 Å². The van der Waals surface area contributed by atoms with Gasteiger partial charge >= 0.3 is 0 Å². The van der Waals surface area contributed by atoms with Crippen LogP contribution in [0.15, 0.2) is 6.33 Å². The monoisotopic (exact) mass is 277 g/mol. The first-order valence-corrected chi connectivity index (χ1v) is 7.53. The minimum absolute atomic E-state index is 0.163. The molecule has 2 aliphatic rings. The van der Waals surface area contributed by atoms with Crippen LogP contribution in [0.2, 0.25) is 0 Å². The van der Waals surface area contributed by atoms with Gasteiger partial charge in [-0.2, -0.15) is 0 Å². The zero-order chi connectivity index (χ0) is 14.1. The van der Waals surface area contributed by atoms with Crippen molar-refractivity contribution in [1.29, 1.82) is 0 Å². The van der Waals surface area contributed by atoms with Gasteiger partial charge in [-0.1, -0.05) is 0 Å². The number of likely N-dealkylation sites (tertiary alicyclic amines) is 1. The van der Waals surface area contributed by atoms with Gasteiger partial charge < -0.3 is 15.2 Å². The summed E-state index contributed by atoms with van der Waals surface area (Å²) in [4.78, 5) is 14.5. The standard InChI is InChI=1S/C14H23N5O/c1-18-9-16-17-13(18)10-4-6-19(7-5-10)14(20)11-2-3-12(15)8-11/h9-12H,2-8,15H2,1H3/t11-,12+/m1/s1. The summed E-state index contributed by atoms with van der Waals surface area (Å²) in [6.45, 7) is 1.67. The van der Waals surface area contributed by atoms with E-state index in [1.807, 2.05) is 16.5 Å². The molecule has 3 rings (SSSR count). The summed E-state index contributed by atoms with van der Waals surface area (Å²) >= 11 is 0. The average Bonchev–Trinajstić information content (AvgIpc) is 3.07. The fraction of sp³-hybridized carbons (Fsp3) is 0.786. The summed E-state index contributed by atoms with van der Waals surface area (Å²) in [6.07, 6.45) is 6.53. The van der Waals surface area contributed by atoms with Crippen molar-refractivity contribution in [2.24, 2.45) is 18.7 Å². The molecule has 1 aromatic rings. The lowest BCUT2D eigenvalue weighted by Crippen LogP contribution is -2.41. The molecule has 0 unspecified atom stereocenters. The van der Waals surface area contributed by atoms with Gasteiger partial charge in [-0.05, 0) is 32.1 Å². The molecule has 1 saturated heterocycles. The minimum atomic E-state index is 0.163. The van der Waals surface area contributed by atoms with Crippen molar-refractivity contribution in [3.8, 4) is 0 Å². The highest BCUT2D eigenvalue weighted by Crippen LogP contribution is 2.30. The van der Waals surface area contributed by atoms with Gasteiger partial charge in [0.25, 0.3) is 0 Å². The second kappa shape index (κ2) is 5.52. The normalized spacial score (nSPS) is 28.0. The van der Waals surface area contributed by atoms with E-state index in [-0.39, 0.29) is 12.0 Å². The van der Waals surface area contributed by atoms with Gasteiger partial charge in [0.05, 0.1) is 0 Å². The van der Waals surface area contributed by atoms with Crippen LogP contribution < -0.4 is 5.73 Å². The number of nitrogens with two attached hydrogens (primary N) is 1. The Bertz CT molecular complexity index is 478.